The van der Waals surface area contributed by atoms with Crippen LogP contribution in [-0.2, 0) is 21.9 Å². The number of halogens is 6. The van der Waals surface area contributed by atoms with E-state index in [9.17, 15) is 35.9 Å². The molecule has 0 heterocycles. The zero-order valence-electron chi connectivity index (χ0n) is 11.2. The number of rotatable bonds is 3. The highest BCUT2D eigenvalue weighted by molar-refractivity contribution is 6.39. The van der Waals surface area contributed by atoms with Gasteiger partial charge >= 0.3 is 24.2 Å². The molecule has 0 aliphatic heterocycles. The van der Waals surface area contributed by atoms with Gasteiger partial charge in [-0.3, -0.25) is 9.59 Å². The zero-order chi connectivity index (χ0) is 17.8. The van der Waals surface area contributed by atoms with Crippen LogP contribution in [0.15, 0.2) is 18.2 Å². The van der Waals surface area contributed by atoms with Gasteiger partial charge in [0, 0.05) is 12.2 Å². The van der Waals surface area contributed by atoms with E-state index in [1.54, 1.807) is 5.32 Å². The van der Waals surface area contributed by atoms with Gasteiger partial charge in [-0.2, -0.15) is 26.3 Å². The second-order valence-electron chi connectivity index (χ2n) is 4.23. The minimum atomic E-state index is -5.07. The summed E-state index contributed by atoms with van der Waals surface area (Å²) in [5.74, 6) is -2.78. The second-order valence-corrected chi connectivity index (χ2v) is 4.23. The molecule has 0 aromatic heterocycles. The SMILES string of the molecule is O=C(NCCO)C(=O)Nc1cc(C(F)(F)F)cc(C(F)(F)F)c1. The summed E-state index contributed by atoms with van der Waals surface area (Å²) >= 11 is 0. The number of hydrogen-bond acceptors (Lipinski definition) is 3. The topological polar surface area (TPSA) is 78.4 Å². The number of carbonyl (C=O) groups is 2. The predicted octanol–water partition coefficient (Wildman–Crippen LogP) is 1.77. The third kappa shape index (κ3) is 5.43. The van der Waals surface area contributed by atoms with Crippen molar-refractivity contribution in [1.29, 1.82) is 0 Å². The molecule has 0 saturated heterocycles. The van der Waals surface area contributed by atoms with Gasteiger partial charge < -0.3 is 15.7 Å². The van der Waals surface area contributed by atoms with Gasteiger partial charge in [0.15, 0.2) is 0 Å². The lowest BCUT2D eigenvalue weighted by Gasteiger charge is -2.14. The molecule has 23 heavy (non-hydrogen) atoms. The van der Waals surface area contributed by atoms with Crippen molar-refractivity contribution in [2.45, 2.75) is 12.4 Å². The van der Waals surface area contributed by atoms with Crippen LogP contribution < -0.4 is 10.6 Å². The van der Waals surface area contributed by atoms with E-state index >= 15 is 0 Å². The average Bonchev–Trinajstić information content (AvgIpc) is 2.42. The van der Waals surface area contributed by atoms with Crippen LogP contribution in [0.4, 0.5) is 32.0 Å². The van der Waals surface area contributed by atoms with Gasteiger partial charge in [0.05, 0.1) is 17.7 Å². The Hall–Kier alpha value is -2.30. The van der Waals surface area contributed by atoms with E-state index in [-0.39, 0.29) is 24.7 Å². The number of anilines is 1. The molecule has 0 fully saturated rings. The Morgan fingerprint density at radius 2 is 1.39 bits per heavy atom. The molecule has 0 radical (unpaired) electrons. The first-order chi connectivity index (χ1) is 10.4. The minimum absolute atomic E-state index is 0.110. The molecule has 0 saturated carbocycles. The minimum Gasteiger partial charge on any atom is -0.395 e. The lowest BCUT2D eigenvalue weighted by atomic mass is 10.1. The summed E-state index contributed by atoms with van der Waals surface area (Å²) < 4.78 is 75.7. The Morgan fingerprint density at radius 1 is 0.913 bits per heavy atom. The molecule has 0 spiro atoms. The van der Waals surface area contributed by atoms with Crippen LogP contribution >= 0.6 is 0 Å². The van der Waals surface area contributed by atoms with Crippen LogP contribution in [0.2, 0.25) is 0 Å². The van der Waals surface area contributed by atoms with Crippen molar-refractivity contribution in [3.05, 3.63) is 29.3 Å². The molecule has 0 aliphatic carbocycles. The van der Waals surface area contributed by atoms with Crippen LogP contribution in [0.5, 0.6) is 0 Å². The highest BCUT2D eigenvalue weighted by atomic mass is 19.4. The maximum Gasteiger partial charge on any atom is 0.416 e. The molecule has 11 heteroatoms. The summed E-state index contributed by atoms with van der Waals surface area (Å²) in [4.78, 5) is 22.6. The van der Waals surface area contributed by atoms with Gasteiger partial charge in [-0.15, -0.1) is 0 Å². The van der Waals surface area contributed by atoms with Crippen molar-refractivity contribution >= 4 is 17.5 Å². The predicted molar refractivity (Wildman–Crippen MR) is 65.2 cm³/mol. The van der Waals surface area contributed by atoms with Gasteiger partial charge in [0.2, 0.25) is 0 Å². The van der Waals surface area contributed by atoms with Crippen LogP contribution in [-0.4, -0.2) is 30.1 Å². The van der Waals surface area contributed by atoms with Gasteiger partial charge in [0.25, 0.3) is 0 Å². The second kappa shape index (κ2) is 6.86. The number of carbonyl (C=O) groups excluding carboxylic acids is 2. The average molecular weight is 344 g/mol. The van der Waals surface area contributed by atoms with E-state index in [4.69, 9.17) is 5.11 Å². The summed E-state index contributed by atoms with van der Waals surface area (Å²) in [5.41, 5.74) is -4.09. The smallest absolute Gasteiger partial charge is 0.395 e. The summed E-state index contributed by atoms with van der Waals surface area (Å²) in [6, 6.07) is 0.431. The first-order valence-corrected chi connectivity index (χ1v) is 5.94. The highest BCUT2D eigenvalue weighted by Crippen LogP contribution is 2.37. The third-order valence-electron chi connectivity index (χ3n) is 2.45. The first kappa shape index (κ1) is 18.7. The van der Waals surface area contributed by atoms with Crippen LogP contribution in [0.25, 0.3) is 0 Å². The fraction of sp³-hybridized carbons (Fsp3) is 0.333. The summed E-state index contributed by atoms with van der Waals surface area (Å²) in [6.45, 7) is -0.802. The van der Waals surface area contributed by atoms with Crippen molar-refractivity contribution in [2.75, 3.05) is 18.5 Å². The number of aliphatic hydroxyl groups excluding tert-OH is 1. The largest absolute Gasteiger partial charge is 0.416 e. The molecule has 5 nitrogen and oxygen atoms in total. The molecular formula is C12H10F6N2O3. The lowest BCUT2D eigenvalue weighted by Crippen LogP contribution is -2.36. The number of benzene rings is 1. The van der Waals surface area contributed by atoms with Crippen molar-refractivity contribution in [2.24, 2.45) is 0 Å². The van der Waals surface area contributed by atoms with Crippen LogP contribution in [0, 0.1) is 0 Å². The molecule has 0 bridgehead atoms. The van der Waals surface area contributed by atoms with E-state index in [1.165, 1.54) is 0 Å². The molecule has 1 aromatic carbocycles. The van der Waals surface area contributed by atoms with Gasteiger partial charge in [-0.25, -0.2) is 0 Å². The third-order valence-corrected chi connectivity index (χ3v) is 2.45. The fourth-order valence-corrected chi connectivity index (χ4v) is 1.46. The standard InChI is InChI=1S/C12H10F6N2O3/c13-11(14,15)6-3-7(12(16,17)18)5-8(4-6)20-10(23)9(22)19-1-2-21/h3-5,21H,1-2H2,(H,19,22)(H,20,23). The summed E-state index contributed by atoms with van der Waals surface area (Å²) in [7, 11) is 0. The van der Waals surface area contributed by atoms with Gasteiger partial charge in [0.1, 0.15) is 0 Å². The Bertz CT molecular complexity index is 565. The number of amides is 2. The van der Waals surface area contributed by atoms with E-state index in [0.29, 0.717) is 0 Å². The monoisotopic (exact) mass is 344 g/mol. The summed E-state index contributed by atoms with van der Waals surface area (Å²) in [5, 5.41) is 12.0. The van der Waals surface area contributed by atoms with E-state index in [2.05, 4.69) is 0 Å². The summed E-state index contributed by atoms with van der Waals surface area (Å²) in [6.07, 6.45) is -10.1. The number of hydrogen-bond donors (Lipinski definition) is 3. The van der Waals surface area contributed by atoms with Crippen molar-refractivity contribution in [1.82, 2.24) is 5.32 Å². The van der Waals surface area contributed by atoms with Crippen molar-refractivity contribution < 1.29 is 41.0 Å². The molecule has 0 atom stereocenters. The molecule has 0 unspecified atom stereocenters. The molecule has 1 aromatic rings. The van der Waals surface area contributed by atoms with E-state index in [0.717, 1.165) is 0 Å². The molecule has 3 N–H and O–H groups in total. The Kier molecular flexibility index (Phi) is 5.59. The zero-order valence-corrected chi connectivity index (χ0v) is 11.2. The van der Waals surface area contributed by atoms with Crippen molar-refractivity contribution in [3.63, 3.8) is 0 Å². The van der Waals surface area contributed by atoms with Crippen LogP contribution in [0.3, 0.4) is 0 Å². The highest BCUT2D eigenvalue weighted by Gasteiger charge is 2.37. The van der Waals surface area contributed by atoms with Gasteiger partial charge in [-0.1, -0.05) is 0 Å². The molecule has 0 aliphatic rings. The Balaban J connectivity index is 3.11. The molecule has 2 amide bonds. The number of alkyl halides is 6. The lowest BCUT2D eigenvalue weighted by molar-refractivity contribution is -0.143. The normalized spacial score (nSPS) is 12.0. The molecule has 1 rings (SSSR count). The molecular weight excluding hydrogens is 334 g/mol. The quantitative estimate of drug-likeness (QED) is 0.578. The molecule has 128 valence electrons. The Labute approximate surface area is 125 Å². The van der Waals surface area contributed by atoms with Gasteiger partial charge in [-0.05, 0) is 18.2 Å². The van der Waals surface area contributed by atoms with Crippen LogP contribution in [0.1, 0.15) is 11.1 Å². The maximum absolute atomic E-state index is 12.6. The number of aliphatic hydroxyl groups is 1. The maximum atomic E-state index is 12.6. The van der Waals surface area contributed by atoms with E-state index < -0.39 is 47.6 Å². The van der Waals surface area contributed by atoms with Crippen molar-refractivity contribution in [3.8, 4) is 0 Å². The first-order valence-electron chi connectivity index (χ1n) is 5.94. The fourth-order valence-electron chi connectivity index (χ4n) is 1.46. The van der Waals surface area contributed by atoms with E-state index in [1.807, 2.05) is 5.32 Å². The Morgan fingerprint density at radius 3 is 1.78 bits per heavy atom. The number of nitrogens with one attached hydrogen (secondary N) is 2.